The van der Waals surface area contributed by atoms with Crippen LogP contribution in [0.2, 0.25) is 5.02 Å². The summed E-state index contributed by atoms with van der Waals surface area (Å²) in [4.78, 5) is 27.8. The standard InChI is InChI=1S/C21H27ClN4O2S/c22-16-7-9-17(10-8-16)25-20(27)6-3-11-23-21(28)24-15-18(19-5-4-14-29-19)26-12-1-2-13-26/h4-5,7-10,14,18H,1-3,6,11-13,15H2,(H,25,27)(H2,23,24,28). The van der Waals surface area contributed by atoms with Gasteiger partial charge in [-0.3, -0.25) is 9.69 Å². The molecule has 0 saturated carbocycles. The second-order valence-electron chi connectivity index (χ2n) is 7.07. The summed E-state index contributed by atoms with van der Waals surface area (Å²) in [6.45, 7) is 3.19. The van der Waals surface area contributed by atoms with Gasteiger partial charge in [-0.2, -0.15) is 0 Å². The van der Waals surface area contributed by atoms with Crippen LogP contribution in [-0.2, 0) is 4.79 Å². The number of amides is 3. The highest BCUT2D eigenvalue weighted by Gasteiger charge is 2.24. The summed E-state index contributed by atoms with van der Waals surface area (Å²) in [5.74, 6) is -0.0821. The lowest BCUT2D eigenvalue weighted by molar-refractivity contribution is -0.116. The summed E-state index contributed by atoms with van der Waals surface area (Å²) < 4.78 is 0. The topological polar surface area (TPSA) is 73.5 Å². The lowest BCUT2D eigenvalue weighted by Gasteiger charge is -2.26. The monoisotopic (exact) mass is 434 g/mol. The van der Waals surface area contributed by atoms with Crippen LogP contribution in [0, 0.1) is 0 Å². The van der Waals surface area contributed by atoms with E-state index in [0.29, 0.717) is 36.6 Å². The average molecular weight is 435 g/mol. The van der Waals surface area contributed by atoms with E-state index in [1.807, 2.05) is 0 Å². The Morgan fingerprint density at radius 2 is 1.86 bits per heavy atom. The highest BCUT2D eigenvalue weighted by atomic mass is 35.5. The van der Waals surface area contributed by atoms with Crippen LogP contribution in [0.3, 0.4) is 0 Å². The van der Waals surface area contributed by atoms with Crippen molar-refractivity contribution in [2.24, 2.45) is 0 Å². The van der Waals surface area contributed by atoms with Crippen molar-refractivity contribution in [1.29, 1.82) is 0 Å². The van der Waals surface area contributed by atoms with Gasteiger partial charge in [0.1, 0.15) is 0 Å². The molecule has 3 rings (SSSR count). The van der Waals surface area contributed by atoms with Crippen molar-refractivity contribution in [2.45, 2.75) is 31.7 Å². The van der Waals surface area contributed by atoms with Gasteiger partial charge in [0.15, 0.2) is 0 Å². The number of carbonyl (C=O) groups is 2. The number of urea groups is 1. The Morgan fingerprint density at radius 3 is 2.55 bits per heavy atom. The van der Waals surface area contributed by atoms with Crippen LogP contribution >= 0.6 is 22.9 Å². The lowest BCUT2D eigenvalue weighted by Crippen LogP contribution is -2.41. The number of hydrogen-bond donors (Lipinski definition) is 3. The van der Waals surface area contributed by atoms with Crippen LogP contribution < -0.4 is 16.0 Å². The van der Waals surface area contributed by atoms with Crippen molar-refractivity contribution in [3.8, 4) is 0 Å². The fraction of sp³-hybridized carbons (Fsp3) is 0.429. The molecule has 1 saturated heterocycles. The molecule has 1 aromatic heterocycles. The largest absolute Gasteiger partial charge is 0.338 e. The van der Waals surface area contributed by atoms with E-state index in [9.17, 15) is 9.59 Å². The molecule has 3 N–H and O–H groups in total. The van der Waals surface area contributed by atoms with Crippen molar-refractivity contribution in [3.05, 3.63) is 51.7 Å². The SMILES string of the molecule is O=C(CCCNC(=O)NCC(c1cccs1)N1CCCC1)Nc1ccc(Cl)cc1. The average Bonchev–Trinajstić information content (AvgIpc) is 3.42. The zero-order valence-corrected chi connectivity index (χ0v) is 17.9. The maximum atomic E-state index is 12.1. The molecule has 2 heterocycles. The number of benzene rings is 1. The molecule has 1 aromatic carbocycles. The number of thiophene rings is 1. The third kappa shape index (κ3) is 7.03. The van der Waals surface area contributed by atoms with E-state index in [-0.39, 0.29) is 18.0 Å². The van der Waals surface area contributed by atoms with Crippen LogP contribution in [0.1, 0.15) is 36.6 Å². The van der Waals surface area contributed by atoms with Crippen LogP contribution in [0.5, 0.6) is 0 Å². The Kier molecular flexibility index (Phi) is 8.34. The smallest absolute Gasteiger partial charge is 0.314 e. The van der Waals surface area contributed by atoms with E-state index in [1.165, 1.54) is 17.7 Å². The van der Waals surface area contributed by atoms with E-state index < -0.39 is 0 Å². The van der Waals surface area contributed by atoms with Crippen molar-refractivity contribution in [1.82, 2.24) is 15.5 Å². The molecule has 0 radical (unpaired) electrons. The fourth-order valence-corrected chi connectivity index (χ4v) is 4.39. The molecule has 1 fully saturated rings. The van der Waals surface area contributed by atoms with Gasteiger partial charge in [-0.15, -0.1) is 11.3 Å². The number of likely N-dealkylation sites (tertiary alicyclic amines) is 1. The highest BCUT2D eigenvalue weighted by Crippen LogP contribution is 2.27. The first-order valence-electron chi connectivity index (χ1n) is 9.96. The molecule has 2 aromatic rings. The predicted molar refractivity (Wildman–Crippen MR) is 119 cm³/mol. The summed E-state index contributed by atoms with van der Waals surface area (Å²) in [5.41, 5.74) is 0.714. The predicted octanol–water partition coefficient (Wildman–Crippen LogP) is 4.26. The van der Waals surface area contributed by atoms with E-state index in [4.69, 9.17) is 11.6 Å². The number of nitrogens with one attached hydrogen (secondary N) is 3. The zero-order valence-electron chi connectivity index (χ0n) is 16.3. The van der Waals surface area contributed by atoms with Gasteiger partial charge in [0.25, 0.3) is 0 Å². The summed E-state index contributed by atoms with van der Waals surface area (Å²) in [6.07, 6.45) is 3.35. The van der Waals surface area contributed by atoms with Crippen LogP contribution in [0.4, 0.5) is 10.5 Å². The van der Waals surface area contributed by atoms with Gasteiger partial charge in [0.05, 0.1) is 6.04 Å². The number of rotatable bonds is 9. The zero-order chi connectivity index (χ0) is 20.5. The van der Waals surface area contributed by atoms with E-state index in [0.717, 1.165) is 13.1 Å². The maximum Gasteiger partial charge on any atom is 0.314 e. The number of carbonyl (C=O) groups excluding carboxylic acids is 2. The maximum absolute atomic E-state index is 12.1. The molecule has 8 heteroatoms. The van der Waals surface area contributed by atoms with Gasteiger partial charge in [0.2, 0.25) is 5.91 Å². The third-order valence-corrected chi connectivity index (χ3v) is 6.13. The van der Waals surface area contributed by atoms with Crippen molar-refractivity contribution < 1.29 is 9.59 Å². The van der Waals surface area contributed by atoms with Gasteiger partial charge in [0, 0.05) is 35.1 Å². The molecule has 156 valence electrons. The molecule has 0 spiro atoms. The minimum absolute atomic E-state index is 0.0821. The molecule has 0 aliphatic carbocycles. The fourth-order valence-electron chi connectivity index (χ4n) is 3.40. The van der Waals surface area contributed by atoms with E-state index >= 15 is 0 Å². The number of anilines is 1. The minimum Gasteiger partial charge on any atom is -0.338 e. The molecule has 6 nitrogen and oxygen atoms in total. The van der Waals surface area contributed by atoms with E-state index in [1.54, 1.807) is 35.6 Å². The minimum atomic E-state index is -0.191. The van der Waals surface area contributed by atoms with Gasteiger partial charge in [-0.25, -0.2) is 4.79 Å². The molecule has 1 unspecified atom stereocenters. The van der Waals surface area contributed by atoms with Gasteiger partial charge < -0.3 is 16.0 Å². The van der Waals surface area contributed by atoms with E-state index in [2.05, 4.69) is 38.4 Å². The first kappa shape index (κ1) is 21.6. The van der Waals surface area contributed by atoms with Gasteiger partial charge >= 0.3 is 6.03 Å². The first-order valence-corrected chi connectivity index (χ1v) is 11.2. The Hall–Kier alpha value is -2.09. The number of hydrogen-bond acceptors (Lipinski definition) is 4. The third-order valence-electron chi connectivity index (χ3n) is 4.90. The molecule has 1 atom stereocenters. The second-order valence-corrected chi connectivity index (χ2v) is 8.49. The van der Waals surface area contributed by atoms with Gasteiger partial charge in [-0.05, 0) is 68.1 Å². The molecular weight excluding hydrogens is 408 g/mol. The van der Waals surface area contributed by atoms with Crippen molar-refractivity contribution in [2.75, 3.05) is 31.5 Å². The summed E-state index contributed by atoms with van der Waals surface area (Å²) in [7, 11) is 0. The number of nitrogens with zero attached hydrogens (tertiary/aromatic N) is 1. The Bertz CT molecular complexity index is 776. The number of halogens is 1. The quantitative estimate of drug-likeness (QED) is 0.516. The Labute approximate surface area is 180 Å². The second kappa shape index (κ2) is 11.2. The lowest BCUT2D eigenvalue weighted by atomic mass is 10.2. The summed E-state index contributed by atoms with van der Waals surface area (Å²) in [5, 5.41) is 11.3. The van der Waals surface area contributed by atoms with Crippen LogP contribution in [-0.4, -0.2) is 43.0 Å². The molecule has 29 heavy (non-hydrogen) atoms. The summed E-state index contributed by atoms with van der Waals surface area (Å²) >= 11 is 7.56. The molecule has 3 amide bonds. The van der Waals surface area contributed by atoms with Crippen LogP contribution in [0.15, 0.2) is 41.8 Å². The first-order chi connectivity index (χ1) is 14.1. The molecule has 1 aliphatic heterocycles. The van der Waals surface area contributed by atoms with Crippen molar-refractivity contribution in [3.63, 3.8) is 0 Å². The Balaban J connectivity index is 1.34. The Morgan fingerprint density at radius 1 is 1.10 bits per heavy atom. The molecule has 1 aliphatic rings. The van der Waals surface area contributed by atoms with Crippen LogP contribution in [0.25, 0.3) is 0 Å². The summed E-state index contributed by atoms with van der Waals surface area (Å²) in [6, 6.07) is 11.2. The van der Waals surface area contributed by atoms with Crippen molar-refractivity contribution >= 4 is 40.6 Å². The normalized spacial score (nSPS) is 15.1. The molecule has 0 bridgehead atoms. The molecular formula is C21H27ClN4O2S. The highest BCUT2D eigenvalue weighted by molar-refractivity contribution is 7.10. The van der Waals surface area contributed by atoms with Gasteiger partial charge in [-0.1, -0.05) is 17.7 Å².